The summed E-state index contributed by atoms with van der Waals surface area (Å²) < 4.78 is 7.69. The van der Waals surface area contributed by atoms with Gasteiger partial charge in [-0.15, -0.1) is 10.2 Å². The van der Waals surface area contributed by atoms with Crippen LogP contribution in [0, 0.1) is 0 Å². The quantitative estimate of drug-likeness (QED) is 0.743. The van der Waals surface area contributed by atoms with Gasteiger partial charge in [0, 0.05) is 26.1 Å². The van der Waals surface area contributed by atoms with Gasteiger partial charge in [-0.25, -0.2) is 0 Å². The lowest BCUT2D eigenvalue weighted by Crippen LogP contribution is -2.41. The third kappa shape index (κ3) is 5.14. The molecule has 2 heterocycles. The van der Waals surface area contributed by atoms with Gasteiger partial charge >= 0.3 is 0 Å². The third-order valence-electron chi connectivity index (χ3n) is 4.93. The molecule has 1 saturated heterocycles. The number of likely N-dealkylation sites (tertiary alicyclic amines) is 1. The van der Waals surface area contributed by atoms with E-state index < -0.39 is 0 Å². The van der Waals surface area contributed by atoms with Gasteiger partial charge in [-0.3, -0.25) is 4.79 Å². The van der Waals surface area contributed by atoms with E-state index in [2.05, 4.69) is 19.7 Å². The largest absolute Gasteiger partial charge is 0.367 e. The molecule has 146 valence electrons. The fourth-order valence-corrected chi connectivity index (χ4v) is 3.49. The zero-order valence-corrected chi connectivity index (χ0v) is 16.5. The minimum absolute atomic E-state index is 0.0475. The Labute approximate surface area is 160 Å². The monoisotopic (exact) mass is 371 g/mol. The van der Waals surface area contributed by atoms with Gasteiger partial charge in [-0.05, 0) is 32.5 Å². The summed E-state index contributed by atoms with van der Waals surface area (Å²) in [5.41, 5.74) is 1.08. The number of carbonyl (C=O) groups excluding carboxylic acids is 1. The molecule has 1 atom stereocenters. The van der Waals surface area contributed by atoms with Crippen molar-refractivity contribution in [1.29, 1.82) is 0 Å². The molecular formula is C20H29N5O2. The van der Waals surface area contributed by atoms with Crippen LogP contribution in [0.25, 0.3) is 0 Å². The number of ether oxygens (including phenoxy) is 1. The molecule has 1 aromatic carbocycles. The second-order valence-electron chi connectivity index (χ2n) is 7.43. The highest BCUT2D eigenvalue weighted by molar-refractivity contribution is 5.77. The molecule has 27 heavy (non-hydrogen) atoms. The van der Waals surface area contributed by atoms with Crippen LogP contribution >= 0.6 is 0 Å². The van der Waals surface area contributed by atoms with Gasteiger partial charge in [0.2, 0.25) is 5.91 Å². The number of nitrogens with zero attached hydrogens (tertiary/aromatic N) is 5. The second-order valence-corrected chi connectivity index (χ2v) is 7.43. The fourth-order valence-electron chi connectivity index (χ4n) is 3.49. The first-order chi connectivity index (χ1) is 13.0. The minimum atomic E-state index is 0.0475. The molecule has 0 bridgehead atoms. The SMILES string of the molecule is CN(C)Cc1nnc([C@@H]2CCCN(C(=O)COCc3ccccc3)C2)n1C. The van der Waals surface area contributed by atoms with E-state index in [0.717, 1.165) is 43.1 Å². The van der Waals surface area contributed by atoms with Crippen molar-refractivity contribution in [3.63, 3.8) is 0 Å². The Morgan fingerprint density at radius 1 is 1.26 bits per heavy atom. The summed E-state index contributed by atoms with van der Waals surface area (Å²) in [5, 5.41) is 8.73. The van der Waals surface area contributed by atoms with E-state index in [1.54, 1.807) is 0 Å². The van der Waals surface area contributed by atoms with Gasteiger partial charge < -0.3 is 19.1 Å². The minimum Gasteiger partial charge on any atom is -0.367 e. The Bertz CT molecular complexity index is 744. The number of hydrogen-bond donors (Lipinski definition) is 0. The first kappa shape index (κ1) is 19.5. The van der Waals surface area contributed by atoms with Crippen molar-refractivity contribution in [2.45, 2.75) is 31.9 Å². The summed E-state index contributed by atoms with van der Waals surface area (Å²) in [6, 6.07) is 9.92. The van der Waals surface area contributed by atoms with Crippen LogP contribution in [0.5, 0.6) is 0 Å². The molecule has 2 aromatic rings. The summed E-state index contributed by atoms with van der Waals surface area (Å²) in [6.45, 7) is 2.80. The summed E-state index contributed by atoms with van der Waals surface area (Å²) in [6.07, 6.45) is 2.01. The molecule has 0 N–H and O–H groups in total. The fraction of sp³-hybridized carbons (Fsp3) is 0.550. The van der Waals surface area contributed by atoms with E-state index in [1.165, 1.54) is 0 Å². The number of hydrogen-bond acceptors (Lipinski definition) is 5. The number of carbonyl (C=O) groups is 1. The molecule has 1 amide bonds. The van der Waals surface area contributed by atoms with Crippen LogP contribution in [0.4, 0.5) is 0 Å². The number of benzene rings is 1. The van der Waals surface area contributed by atoms with Crippen molar-refractivity contribution < 1.29 is 9.53 Å². The topological polar surface area (TPSA) is 63.5 Å². The van der Waals surface area contributed by atoms with E-state index in [-0.39, 0.29) is 18.4 Å². The predicted octanol–water partition coefficient (Wildman–Crippen LogP) is 1.80. The Morgan fingerprint density at radius 3 is 2.78 bits per heavy atom. The molecule has 1 aromatic heterocycles. The maximum Gasteiger partial charge on any atom is 0.248 e. The van der Waals surface area contributed by atoms with Gasteiger partial charge in [-0.2, -0.15) is 0 Å². The summed E-state index contributed by atoms with van der Waals surface area (Å²) >= 11 is 0. The molecule has 1 fully saturated rings. The Hall–Kier alpha value is -2.25. The number of aromatic nitrogens is 3. The Balaban J connectivity index is 1.54. The van der Waals surface area contributed by atoms with Crippen molar-refractivity contribution in [3.05, 3.63) is 47.5 Å². The predicted molar refractivity (Wildman–Crippen MR) is 103 cm³/mol. The van der Waals surface area contributed by atoms with Crippen LogP contribution in [-0.2, 0) is 29.7 Å². The first-order valence-corrected chi connectivity index (χ1v) is 9.47. The standard InChI is InChI=1S/C20H29N5O2/c1-23(2)13-18-21-22-20(24(18)3)17-10-7-11-25(12-17)19(26)15-27-14-16-8-5-4-6-9-16/h4-6,8-9,17H,7,10-15H2,1-3H3/t17-/m1/s1. The van der Waals surface area contributed by atoms with E-state index >= 15 is 0 Å². The molecule has 0 radical (unpaired) electrons. The summed E-state index contributed by atoms with van der Waals surface area (Å²) in [4.78, 5) is 16.5. The van der Waals surface area contributed by atoms with Crippen molar-refractivity contribution in [2.24, 2.45) is 7.05 Å². The van der Waals surface area contributed by atoms with Crippen LogP contribution < -0.4 is 0 Å². The zero-order chi connectivity index (χ0) is 19.2. The average Bonchev–Trinajstić information content (AvgIpc) is 3.02. The second kappa shape index (κ2) is 9.10. The third-order valence-corrected chi connectivity index (χ3v) is 4.93. The summed E-state index contributed by atoms with van der Waals surface area (Å²) in [5.74, 6) is 2.19. The van der Waals surface area contributed by atoms with Crippen LogP contribution in [0.1, 0.15) is 36.0 Å². The maximum absolute atomic E-state index is 12.6. The van der Waals surface area contributed by atoms with Gasteiger partial charge in [0.05, 0.1) is 13.2 Å². The molecule has 7 nitrogen and oxygen atoms in total. The molecule has 3 rings (SSSR count). The van der Waals surface area contributed by atoms with Gasteiger partial charge in [0.15, 0.2) is 0 Å². The lowest BCUT2D eigenvalue weighted by molar-refractivity contribution is -0.137. The van der Waals surface area contributed by atoms with Crippen molar-refractivity contribution >= 4 is 5.91 Å². The molecule has 0 aliphatic carbocycles. The van der Waals surface area contributed by atoms with E-state index in [9.17, 15) is 4.79 Å². The normalized spacial score (nSPS) is 17.5. The van der Waals surface area contributed by atoms with E-state index in [4.69, 9.17) is 4.74 Å². The Kier molecular flexibility index (Phi) is 6.58. The number of amides is 1. The molecule has 1 aliphatic rings. The smallest absolute Gasteiger partial charge is 0.248 e. The molecule has 0 saturated carbocycles. The van der Waals surface area contributed by atoms with Gasteiger partial charge in [0.1, 0.15) is 18.3 Å². The van der Waals surface area contributed by atoms with Crippen LogP contribution in [0.2, 0.25) is 0 Å². The zero-order valence-electron chi connectivity index (χ0n) is 16.5. The maximum atomic E-state index is 12.6. The summed E-state index contributed by atoms with van der Waals surface area (Å²) in [7, 11) is 6.05. The van der Waals surface area contributed by atoms with Crippen LogP contribution in [-0.4, -0.2) is 64.3 Å². The highest BCUT2D eigenvalue weighted by Crippen LogP contribution is 2.26. The van der Waals surface area contributed by atoms with E-state index in [0.29, 0.717) is 13.2 Å². The lowest BCUT2D eigenvalue weighted by Gasteiger charge is -2.32. The molecule has 0 spiro atoms. The molecular weight excluding hydrogens is 342 g/mol. The number of rotatable bonds is 7. The van der Waals surface area contributed by atoms with Crippen molar-refractivity contribution in [3.8, 4) is 0 Å². The van der Waals surface area contributed by atoms with Crippen molar-refractivity contribution in [2.75, 3.05) is 33.8 Å². The molecule has 7 heteroatoms. The van der Waals surface area contributed by atoms with Crippen molar-refractivity contribution in [1.82, 2.24) is 24.6 Å². The van der Waals surface area contributed by atoms with Gasteiger partial charge in [-0.1, -0.05) is 30.3 Å². The van der Waals surface area contributed by atoms with E-state index in [1.807, 2.05) is 56.4 Å². The van der Waals surface area contributed by atoms with Crippen LogP contribution in [0.15, 0.2) is 30.3 Å². The highest BCUT2D eigenvalue weighted by Gasteiger charge is 2.28. The molecule has 0 unspecified atom stereocenters. The lowest BCUT2D eigenvalue weighted by atomic mass is 9.97. The van der Waals surface area contributed by atoms with Crippen LogP contribution in [0.3, 0.4) is 0 Å². The number of piperidine rings is 1. The first-order valence-electron chi connectivity index (χ1n) is 9.47. The highest BCUT2D eigenvalue weighted by atomic mass is 16.5. The van der Waals surface area contributed by atoms with Gasteiger partial charge in [0.25, 0.3) is 0 Å². The molecule has 1 aliphatic heterocycles. The average molecular weight is 371 g/mol. The Morgan fingerprint density at radius 2 is 2.04 bits per heavy atom.